The number of morpholine rings is 1. The van der Waals surface area contributed by atoms with Gasteiger partial charge in [-0.05, 0) is 44.8 Å². The summed E-state index contributed by atoms with van der Waals surface area (Å²) >= 11 is 0. The monoisotopic (exact) mass is 310 g/mol. The Kier molecular flexibility index (Phi) is 12.5. The lowest BCUT2D eigenvalue weighted by atomic mass is 9.89. The van der Waals surface area contributed by atoms with Gasteiger partial charge in [0, 0.05) is 13.1 Å². The van der Waals surface area contributed by atoms with Crippen molar-refractivity contribution < 1.29 is 29.6 Å². The first-order valence-corrected chi connectivity index (χ1v) is 7.46. The van der Waals surface area contributed by atoms with E-state index in [9.17, 15) is 0 Å². The lowest BCUT2D eigenvalue weighted by Crippen LogP contribution is -3.00. The summed E-state index contributed by atoms with van der Waals surface area (Å²) in [6.45, 7) is 7.79. The fraction of sp³-hybridized carbons (Fsp3) is 1.00. The van der Waals surface area contributed by atoms with Crippen LogP contribution in [0.1, 0.15) is 38.5 Å². The van der Waals surface area contributed by atoms with Crippen LogP contribution in [0.2, 0.25) is 0 Å². The molecule has 1 aliphatic carbocycles. The lowest BCUT2D eigenvalue weighted by Gasteiger charge is -2.26. The normalized spacial score (nSPS) is 21.5. The van der Waals surface area contributed by atoms with E-state index in [0.29, 0.717) is 0 Å². The van der Waals surface area contributed by atoms with Gasteiger partial charge in [-0.2, -0.15) is 0 Å². The van der Waals surface area contributed by atoms with Crippen molar-refractivity contribution in [3.05, 3.63) is 0 Å². The Morgan fingerprint density at radius 2 is 1.68 bits per heavy atom. The highest BCUT2D eigenvalue weighted by atomic mass is 35.5. The average molecular weight is 311 g/mol. The van der Waals surface area contributed by atoms with E-state index in [2.05, 4.69) is 10.2 Å². The largest absolute Gasteiger partial charge is 1.00 e. The SMILES string of the molecule is C1CCC(CNCCCN2CCOCC2)CC1.[Cl-].[Cl-]. The Hall–Kier alpha value is 0.460. The van der Waals surface area contributed by atoms with Gasteiger partial charge >= 0.3 is 0 Å². The minimum absolute atomic E-state index is 0. The summed E-state index contributed by atoms with van der Waals surface area (Å²) in [5, 5.41) is 3.64. The number of nitrogens with zero attached hydrogens (tertiary/aromatic N) is 1. The molecule has 0 atom stereocenters. The van der Waals surface area contributed by atoms with Crippen LogP contribution in [-0.2, 0) is 4.74 Å². The van der Waals surface area contributed by atoms with Gasteiger partial charge in [0.25, 0.3) is 0 Å². The molecule has 1 N–H and O–H groups in total. The van der Waals surface area contributed by atoms with E-state index in [4.69, 9.17) is 4.74 Å². The predicted octanol–water partition coefficient (Wildman–Crippen LogP) is -4.11. The summed E-state index contributed by atoms with van der Waals surface area (Å²) in [6.07, 6.45) is 8.58. The second kappa shape index (κ2) is 12.2. The van der Waals surface area contributed by atoms with Gasteiger partial charge in [0.05, 0.1) is 13.2 Å². The molecule has 1 saturated carbocycles. The summed E-state index contributed by atoms with van der Waals surface area (Å²) in [6, 6.07) is 0. The first-order chi connectivity index (χ1) is 8.45. The summed E-state index contributed by atoms with van der Waals surface area (Å²) in [7, 11) is 0. The van der Waals surface area contributed by atoms with Crippen LogP contribution in [-0.4, -0.2) is 50.8 Å². The van der Waals surface area contributed by atoms with Gasteiger partial charge in [-0.3, -0.25) is 4.90 Å². The molecule has 1 heterocycles. The third-order valence-electron chi connectivity index (χ3n) is 4.09. The second-order valence-electron chi connectivity index (χ2n) is 5.52. The molecule has 0 radical (unpaired) electrons. The third kappa shape index (κ3) is 8.36. The van der Waals surface area contributed by atoms with Gasteiger partial charge in [0.15, 0.2) is 0 Å². The number of rotatable bonds is 6. The van der Waals surface area contributed by atoms with Crippen molar-refractivity contribution in [1.29, 1.82) is 0 Å². The van der Waals surface area contributed by atoms with Crippen molar-refractivity contribution in [1.82, 2.24) is 10.2 Å². The molecule has 1 aliphatic heterocycles. The zero-order valence-corrected chi connectivity index (χ0v) is 13.4. The minimum atomic E-state index is 0. The average Bonchev–Trinajstić information content (AvgIpc) is 2.41. The van der Waals surface area contributed by atoms with Crippen molar-refractivity contribution in [2.24, 2.45) is 5.92 Å². The summed E-state index contributed by atoms with van der Waals surface area (Å²) in [4.78, 5) is 2.52. The quantitative estimate of drug-likeness (QED) is 0.505. The third-order valence-corrected chi connectivity index (χ3v) is 4.09. The van der Waals surface area contributed by atoms with Gasteiger partial charge in [0.2, 0.25) is 0 Å². The fourth-order valence-electron chi connectivity index (χ4n) is 2.95. The zero-order valence-electron chi connectivity index (χ0n) is 11.9. The number of hydrogen-bond donors (Lipinski definition) is 1. The molecule has 2 rings (SSSR count). The van der Waals surface area contributed by atoms with E-state index in [1.807, 2.05) is 0 Å². The molecule has 1 saturated heterocycles. The van der Waals surface area contributed by atoms with Gasteiger partial charge in [-0.25, -0.2) is 0 Å². The Balaban J connectivity index is 0.00000162. The molecule has 5 heteroatoms. The Labute approximate surface area is 130 Å². The van der Waals surface area contributed by atoms with Crippen LogP contribution in [0.3, 0.4) is 0 Å². The van der Waals surface area contributed by atoms with Crippen molar-refractivity contribution in [3.63, 3.8) is 0 Å². The van der Waals surface area contributed by atoms with Crippen LogP contribution < -0.4 is 30.1 Å². The Bertz CT molecular complexity index is 176. The molecule has 2 fully saturated rings. The van der Waals surface area contributed by atoms with Gasteiger partial charge in [-0.15, -0.1) is 0 Å². The summed E-state index contributed by atoms with van der Waals surface area (Å²) < 4.78 is 5.35. The first-order valence-electron chi connectivity index (χ1n) is 7.46. The molecule has 0 amide bonds. The Morgan fingerprint density at radius 3 is 2.37 bits per heavy atom. The highest BCUT2D eigenvalue weighted by Crippen LogP contribution is 2.22. The molecule has 0 unspecified atom stereocenters. The highest BCUT2D eigenvalue weighted by Gasteiger charge is 2.12. The van der Waals surface area contributed by atoms with E-state index < -0.39 is 0 Å². The van der Waals surface area contributed by atoms with Crippen LogP contribution in [0.25, 0.3) is 0 Å². The van der Waals surface area contributed by atoms with Gasteiger partial charge in [-0.1, -0.05) is 19.3 Å². The minimum Gasteiger partial charge on any atom is -1.00 e. The predicted molar refractivity (Wildman–Crippen MR) is 71.3 cm³/mol. The van der Waals surface area contributed by atoms with E-state index >= 15 is 0 Å². The molecule has 0 aromatic carbocycles. The summed E-state index contributed by atoms with van der Waals surface area (Å²) in [5.74, 6) is 0.965. The van der Waals surface area contributed by atoms with Crippen molar-refractivity contribution in [2.75, 3.05) is 45.9 Å². The molecule has 3 nitrogen and oxygen atoms in total. The standard InChI is InChI=1S/C14H28N2O.2ClH/c1-2-5-14(6-3-1)13-15-7-4-8-16-9-11-17-12-10-16;;/h14-15H,1-13H2;2*1H/p-2. The van der Waals surface area contributed by atoms with Crippen LogP contribution >= 0.6 is 0 Å². The van der Waals surface area contributed by atoms with E-state index in [1.54, 1.807) is 0 Å². The van der Waals surface area contributed by atoms with E-state index in [-0.39, 0.29) is 24.8 Å². The molecule has 0 bridgehead atoms. The van der Waals surface area contributed by atoms with E-state index in [0.717, 1.165) is 32.2 Å². The molecule has 0 aromatic heterocycles. The molecule has 0 spiro atoms. The number of halogens is 2. The van der Waals surface area contributed by atoms with Crippen LogP contribution in [0, 0.1) is 5.92 Å². The van der Waals surface area contributed by atoms with Gasteiger partial charge in [0.1, 0.15) is 0 Å². The molecule has 116 valence electrons. The van der Waals surface area contributed by atoms with Crippen molar-refractivity contribution in [2.45, 2.75) is 38.5 Å². The molecule has 0 aromatic rings. The van der Waals surface area contributed by atoms with Crippen molar-refractivity contribution in [3.8, 4) is 0 Å². The van der Waals surface area contributed by atoms with Crippen LogP contribution in [0.5, 0.6) is 0 Å². The second-order valence-corrected chi connectivity index (χ2v) is 5.52. The maximum Gasteiger partial charge on any atom is 0.0594 e. The van der Waals surface area contributed by atoms with E-state index in [1.165, 1.54) is 58.2 Å². The lowest BCUT2D eigenvalue weighted by molar-refractivity contribution is -0.00100. The van der Waals surface area contributed by atoms with Crippen LogP contribution in [0.15, 0.2) is 0 Å². The smallest absolute Gasteiger partial charge is 0.0594 e. The molecular formula is C14H28Cl2N2O-2. The molecular weight excluding hydrogens is 283 g/mol. The van der Waals surface area contributed by atoms with Crippen LogP contribution in [0.4, 0.5) is 0 Å². The Morgan fingerprint density at radius 1 is 1.00 bits per heavy atom. The van der Waals surface area contributed by atoms with Crippen molar-refractivity contribution >= 4 is 0 Å². The zero-order chi connectivity index (χ0) is 11.8. The fourth-order valence-corrected chi connectivity index (χ4v) is 2.95. The maximum absolute atomic E-state index is 5.35. The molecule has 19 heavy (non-hydrogen) atoms. The topological polar surface area (TPSA) is 24.5 Å². The number of nitrogens with one attached hydrogen (secondary N) is 1. The van der Waals surface area contributed by atoms with Gasteiger partial charge < -0.3 is 34.9 Å². The summed E-state index contributed by atoms with van der Waals surface area (Å²) in [5.41, 5.74) is 0. The molecule has 2 aliphatic rings. The maximum atomic E-state index is 5.35. The number of hydrogen-bond acceptors (Lipinski definition) is 3. The highest BCUT2D eigenvalue weighted by molar-refractivity contribution is 4.68. The number of ether oxygens (including phenoxy) is 1. The first kappa shape index (κ1) is 19.5.